The molecule has 1 aromatic heterocycles. The Kier molecular flexibility index (Phi) is 10.9. The second kappa shape index (κ2) is 16.3. The Morgan fingerprint density at radius 3 is 2.02 bits per heavy atom. The van der Waals surface area contributed by atoms with Crippen LogP contribution in [0.2, 0.25) is 0 Å². The van der Waals surface area contributed by atoms with Crippen LogP contribution in [0.5, 0.6) is 40.2 Å². The number of rotatable bonds is 12. The third-order valence-corrected chi connectivity index (χ3v) is 9.10. The number of phenols is 1. The number of fused-ring (bicyclic) bond motifs is 2. The van der Waals surface area contributed by atoms with Gasteiger partial charge in [-0.05, 0) is 68.4 Å². The van der Waals surface area contributed by atoms with E-state index in [9.17, 15) is 29.7 Å². The maximum atomic E-state index is 13.3. The van der Waals surface area contributed by atoms with E-state index >= 15 is 0 Å². The summed E-state index contributed by atoms with van der Waals surface area (Å²) in [7, 11) is 1.45. The highest BCUT2D eigenvalue weighted by Gasteiger charge is 2.34. The molecule has 7 rings (SSSR count). The summed E-state index contributed by atoms with van der Waals surface area (Å²) in [6.45, 7) is 2.79. The van der Waals surface area contributed by atoms with Gasteiger partial charge < -0.3 is 54.1 Å². The average molecular weight is 775 g/mol. The molecule has 0 saturated carbocycles. The normalized spacial score (nSPS) is 14.5. The highest BCUT2D eigenvalue weighted by atomic mass is 16.6. The lowest BCUT2D eigenvalue weighted by Gasteiger charge is -2.33. The fraction of sp³-hybridized carbons (Fsp3) is 0.186. The van der Waals surface area contributed by atoms with Gasteiger partial charge in [-0.1, -0.05) is 41.5 Å². The van der Waals surface area contributed by atoms with Crippen LogP contribution in [0.1, 0.15) is 22.8 Å². The summed E-state index contributed by atoms with van der Waals surface area (Å²) < 4.78 is 35.3. The van der Waals surface area contributed by atoms with Gasteiger partial charge in [0.25, 0.3) is 11.8 Å². The number of anilines is 2. The number of nitrogens with one attached hydrogen (secondary N) is 2. The molecule has 0 fully saturated rings. The van der Waals surface area contributed by atoms with Crippen molar-refractivity contribution in [3.8, 4) is 51.6 Å². The first-order chi connectivity index (χ1) is 27.5. The average Bonchev–Trinajstić information content (AvgIpc) is 3.21. The topological polar surface area (TPSA) is 195 Å². The van der Waals surface area contributed by atoms with Gasteiger partial charge in [0.2, 0.25) is 11.2 Å². The zero-order chi connectivity index (χ0) is 40.2. The Morgan fingerprint density at radius 2 is 1.39 bits per heavy atom. The second-order valence-corrected chi connectivity index (χ2v) is 13.3. The number of benzene rings is 5. The van der Waals surface area contributed by atoms with E-state index in [1.165, 1.54) is 31.4 Å². The SMILES string of the molecule is COc1cc(C2Oc3cc(-c4oc5cc(OCC(=O)Nc6ccc(C)cc6)cc(O)c5c(=O)c4O)ccc3OC2CO)ccc1OCC(=O)Nc1ccc(C)cc1. The molecule has 0 saturated heterocycles. The van der Waals surface area contributed by atoms with E-state index in [-0.39, 0.29) is 52.1 Å². The van der Waals surface area contributed by atoms with Crippen LogP contribution in [-0.4, -0.2) is 60.2 Å². The molecule has 14 heteroatoms. The van der Waals surface area contributed by atoms with Crippen LogP contribution >= 0.6 is 0 Å². The number of carbonyl (C=O) groups is 2. The molecule has 2 unspecified atom stereocenters. The van der Waals surface area contributed by atoms with Gasteiger partial charge in [-0.15, -0.1) is 0 Å². The molecule has 2 atom stereocenters. The molecule has 0 bridgehead atoms. The van der Waals surface area contributed by atoms with Gasteiger partial charge in [0.15, 0.2) is 54.2 Å². The summed E-state index contributed by atoms with van der Waals surface area (Å²) in [5.41, 5.74) is 3.08. The molecule has 14 nitrogen and oxygen atoms in total. The number of aliphatic hydroxyl groups is 1. The first-order valence-electron chi connectivity index (χ1n) is 17.8. The minimum atomic E-state index is -0.900. The van der Waals surface area contributed by atoms with Crippen molar-refractivity contribution in [3.05, 3.63) is 124 Å². The molecule has 6 aromatic rings. The predicted octanol–water partition coefficient (Wildman–Crippen LogP) is 6.41. The molecule has 0 aliphatic carbocycles. The summed E-state index contributed by atoms with van der Waals surface area (Å²) in [5, 5.41) is 37.2. The first kappa shape index (κ1) is 38.1. The second-order valence-electron chi connectivity index (χ2n) is 13.3. The zero-order valence-electron chi connectivity index (χ0n) is 31.0. The molecular weight excluding hydrogens is 736 g/mol. The number of hydrogen-bond acceptors (Lipinski definition) is 12. The third kappa shape index (κ3) is 8.40. The number of phenolic OH excluding ortho intramolecular Hbond substituents is 1. The third-order valence-electron chi connectivity index (χ3n) is 9.10. The summed E-state index contributed by atoms with van der Waals surface area (Å²) >= 11 is 0. The summed E-state index contributed by atoms with van der Waals surface area (Å²) in [4.78, 5) is 38.4. The zero-order valence-corrected chi connectivity index (χ0v) is 31.0. The van der Waals surface area contributed by atoms with Crippen molar-refractivity contribution >= 4 is 34.2 Å². The minimum absolute atomic E-state index is 0.0382. The molecule has 1 aliphatic rings. The summed E-state index contributed by atoms with van der Waals surface area (Å²) in [6, 6.07) is 26.6. The van der Waals surface area contributed by atoms with E-state index < -0.39 is 48.3 Å². The lowest BCUT2D eigenvalue weighted by Crippen LogP contribution is -2.36. The highest BCUT2D eigenvalue weighted by Crippen LogP contribution is 2.44. The standard InChI is InChI=1S/C43H38N2O12/c1-23-4-10-27(11-5-23)44-37(48)21-53-29-18-30(47)39-35(19-29)57-43(41(51)40(39)50)26-9-15-32-34(17-26)56-42(36(20-46)55-32)25-8-14-31(33(16-25)52-3)54-22-38(49)45-28-12-6-24(2)7-13-28/h4-19,36,42,46-47,51H,20-22H2,1-3H3,(H,44,48)(H,45,49). The Balaban J connectivity index is 1.10. The van der Waals surface area contributed by atoms with Crippen molar-refractivity contribution in [3.63, 3.8) is 0 Å². The molecule has 5 aromatic carbocycles. The molecule has 2 amide bonds. The fourth-order valence-electron chi connectivity index (χ4n) is 6.18. The predicted molar refractivity (Wildman–Crippen MR) is 210 cm³/mol. The van der Waals surface area contributed by atoms with Crippen molar-refractivity contribution in [2.24, 2.45) is 0 Å². The van der Waals surface area contributed by atoms with Crippen molar-refractivity contribution in [1.82, 2.24) is 0 Å². The molecule has 57 heavy (non-hydrogen) atoms. The number of aliphatic hydroxyl groups excluding tert-OH is 1. The number of aromatic hydroxyl groups is 2. The van der Waals surface area contributed by atoms with Crippen LogP contribution in [0.25, 0.3) is 22.3 Å². The molecule has 0 radical (unpaired) electrons. The smallest absolute Gasteiger partial charge is 0.262 e. The number of aryl methyl sites for hydroxylation is 2. The summed E-state index contributed by atoms with van der Waals surface area (Å²) in [6.07, 6.45) is -1.70. The maximum Gasteiger partial charge on any atom is 0.262 e. The van der Waals surface area contributed by atoms with Gasteiger partial charge in [0.1, 0.15) is 22.5 Å². The first-order valence-corrected chi connectivity index (χ1v) is 17.8. The van der Waals surface area contributed by atoms with E-state index in [0.717, 1.165) is 17.2 Å². The van der Waals surface area contributed by atoms with Crippen LogP contribution < -0.4 is 39.7 Å². The molecule has 5 N–H and O–H groups in total. The van der Waals surface area contributed by atoms with Crippen molar-refractivity contribution in [2.45, 2.75) is 26.1 Å². The van der Waals surface area contributed by atoms with Gasteiger partial charge in [0.05, 0.1) is 13.7 Å². The Labute approximate surface area is 325 Å². The Hall–Kier alpha value is -7.19. The van der Waals surface area contributed by atoms with Crippen molar-refractivity contribution in [1.29, 1.82) is 0 Å². The fourth-order valence-corrected chi connectivity index (χ4v) is 6.18. The quantitative estimate of drug-likeness (QED) is 0.0919. The van der Waals surface area contributed by atoms with E-state index in [4.69, 9.17) is 28.1 Å². The monoisotopic (exact) mass is 774 g/mol. The van der Waals surface area contributed by atoms with E-state index in [0.29, 0.717) is 28.4 Å². The number of amides is 2. The molecule has 1 aliphatic heterocycles. The lowest BCUT2D eigenvalue weighted by atomic mass is 10.0. The molecule has 292 valence electrons. The number of carbonyl (C=O) groups excluding carboxylic acids is 2. The number of hydrogen-bond donors (Lipinski definition) is 5. The van der Waals surface area contributed by atoms with Crippen LogP contribution in [-0.2, 0) is 9.59 Å². The minimum Gasteiger partial charge on any atom is -0.507 e. The van der Waals surface area contributed by atoms with Gasteiger partial charge in [0, 0.05) is 34.6 Å². The van der Waals surface area contributed by atoms with Gasteiger partial charge >= 0.3 is 0 Å². The number of methoxy groups -OCH3 is 1. The van der Waals surface area contributed by atoms with E-state index in [1.54, 1.807) is 42.5 Å². The lowest BCUT2D eigenvalue weighted by molar-refractivity contribution is -0.118. The van der Waals surface area contributed by atoms with Gasteiger partial charge in [-0.25, -0.2) is 0 Å². The number of ether oxygens (including phenoxy) is 5. The Bertz CT molecular complexity index is 2520. The molecular formula is C43H38N2O12. The molecule has 0 spiro atoms. The molecule has 2 heterocycles. The van der Waals surface area contributed by atoms with Gasteiger partial charge in [-0.2, -0.15) is 0 Å². The van der Waals surface area contributed by atoms with Crippen LogP contribution in [0, 0.1) is 13.8 Å². The van der Waals surface area contributed by atoms with Gasteiger partial charge in [-0.3, -0.25) is 14.4 Å². The highest BCUT2D eigenvalue weighted by molar-refractivity contribution is 5.93. The van der Waals surface area contributed by atoms with E-state index in [1.807, 2.05) is 38.1 Å². The van der Waals surface area contributed by atoms with Crippen molar-refractivity contribution < 1.29 is 53.0 Å². The Morgan fingerprint density at radius 1 is 0.737 bits per heavy atom. The van der Waals surface area contributed by atoms with E-state index in [2.05, 4.69) is 10.6 Å². The van der Waals surface area contributed by atoms with Crippen LogP contribution in [0.15, 0.2) is 106 Å². The van der Waals surface area contributed by atoms with Crippen LogP contribution in [0.4, 0.5) is 11.4 Å². The summed E-state index contributed by atoms with van der Waals surface area (Å²) in [5.74, 6) is -1.21. The maximum absolute atomic E-state index is 13.3. The van der Waals surface area contributed by atoms with Crippen LogP contribution in [0.3, 0.4) is 0 Å². The van der Waals surface area contributed by atoms with Crippen molar-refractivity contribution in [2.75, 3.05) is 37.6 Å². The largest absolute Gasteiger partial charge is 0.507 e.